The highest BCUT2D eigenvalue weighted by Crippen LogP contribution is 2.37. The zero-order valence-electron chi connectivity index (χ0n) is 15.0. The Hall–Kier alpha value is -3.50. The Kier molecular flexibility index (Phi) is 5.72. The maximum atomic E-state index is 13.5. The molecule has 0 fully saturated rings. The standard InChI is InChI=1S/C19H13F6N3O2/c20-18(21,22)13-6-4-5-12(9-13)10-26-17(29)30-15-11-27-28(16(15)19(23,24)25)14-7-2-1-3-8-14/h1-9,11H,10H2,(H,26,29). The molecule has 0 spiro atoms. The summed E-state index contributed by atoms with van der Waals surface area (Å²) >= 11 is 0. The van der Waals surface area contributed by atoms with Crippen LogP contribution in [-0.2, 0) is 18.9 Å². The van der Waals surface area contributed by atoms with Gasteiger partial charge in [-0.3, -0.25) is 0 Å². The van der Waals surface area contributed by atoms with Crippen LogP contribution in [0.2, 0.25) is 0 Å². The van der Waals surface area contributed by atoms with E-state index in [0.29, 0.717) is 4.68 Å². The predicted octanol–water partition coefficient (Wildman–Crippen LogP) is 5.20. The van der Waals surface area contributed by atoms with E-state index < -0.39 is 35.5 Å². The Bertz CT molecular complexity index is 1030. The summed E-state index contributed by atoms with van der Waals surface area (Å²) in [7, 11) is 0. The van der Waals surface area contributed by atoms with E-state index in [0.717, 1.165) is 24.4 Å². The molecule has 0 radical (unpaired) electrons. The van der Waals surface area contributed by atoms with Crippen molar-refractivity contribution in [2.24, 2.45) is 0 Å². The molecule has 0 saturated heterocycles. The van der Waals surface area contributed by atoms with Gasteiger partial charge < -0.3 is 10.1 Å². The number of nitrogens with zero attached hydrogens (tertiary/aromatic N) is 2. The Labute approximate surface area is 165 Å². The van der Waals surface area contributed by atoms with E-state index in [-0.39, 0.29) is 17.8 Å². The fourth-order valence-corrected chi connectivity index (χ4v) is 2.60. The van der Waals surface area contributed by atoms with Gasteiger partial charge >= 0.3 is 18.4 Å². The second-order valence-electron chi connectivity index (χ2n) is 6.04. The van der Waals surface area contributed by atoms with Gasteiger partial charge in [-0.05, 0) is 29.8 Å². The van der Waals surface area contributed by atoms with Gasteiger partial charge in [-0.2, -0.15) is 31.4 Å². The van der Waals surface area contributed by atoms with Crippen molar-refractivity contribution in [3.05, 3.63) is 77.6 Å². The van der Waals surface area contributed by atoms with Gasteiger partial charge in [0.25, 0.3) is 0 Å². The van der Waals surface area contributed by atoms with Crippen molar-refractivity contribution in [3.63, 3.8) is 0 Å². The summed E-state index contributed by atoms with van der Waals surface area (Å²) in [5.41, 5.74) is -2.02. The molecule has 3 aromatic rings. The molecule has 0 bridgehead atoms. The minimum Gasteiger partial charge on any atom is -0.406 e. The third-order valence-corrected chi connectivity index (χ3v) is 3.90. The molecular formula is C19H13F6N3O2. The molecule has 5 nitrogen and oxygen atoms in total. The lowest BCUT2D eigenvalue weighted by Gasteiger charge is -2.13. The zero-order valence-corrected chi connectivity index (χ0v) is 15.0. The molecule has 0 aliphatic rings. The lowest BCUT2D eigenvalue weighted by atomic mass is 10.1. The minimum absolute atomic E-state index is 0.0952. The lowest BCUT2D eigenvalue weighted by molar-refractivity contribution is -0.143. The van der Waals surface area contributed by atoms with Gasteiger partial charge in [0.15, 0.2) is 11.4 Å². The van der Waals surface area contributed by atoms with E-state index in [2.05, 4.69) is 10.4 Å². The minimum atomic E-state index is -4.89. The van der Waals surface area contributed by atoms with Gasteiger partial charge in [0, 0.05) is 6.54 Å². The molecule has 158 valence electrons. The zero-order chi connectivity index (χ0) is 21.9. The van der Waals surface area contributed by atoms with Crippen molar-refractivity contribution < 1.29 is 35.9 Å². The average Bonchev–Trinajstić information content (AvgIpc) is 3.11. The third-order valence-electron chi connectivity index (χ3n) is 3.90. The topological polar surface area (TPSA) is 56.1 Å². The highest BCUT2D eigenvalue weighted by atomic mass is 19.4. The van der Waals surface area contributed by atoms with Crippen molar-refractivity contribution in [2.45, 2.75) is 18.9 Å². The van der Waals surface area contributed by atoms with Crippen LogP contribution in [-0.4, -0.2) is 15.9 Å². The van der Waals surface area contributed by atoms with Crippen LogP contribution in [0.3, 0.4) is 0 Å². The number of alkyl halides is 6. The van der Waals surface area contributed by atoms with Crippen LogP contribution in [0, 0.1) is 0 Å². The SMILES string of the molecule is O=C(NCc1cccc(C(F)(F)F)c1)Oc1cnn(-c2ccccc2)c1C(F)(F)F. The molecule has 0 aliphatic heterocycles. The summed E-state index contributed by atoms with van der Waals surface area (Å²) in [6.45, 7) is -0.378. The maximum Gasteiger partial charge on any atom is 0.437 e. The first kappa shape index (κ1) is 21.2. The number of halogens is 6. The van der Waals surface area contributed by atoms with Gasteiger partial charge in [0.2, 0.25) is 0 Å². The monoisotopic (exact) mass is 429 g/mol. The molecule has 30 heavy (non-hydrogen) atoms. The number of rotatable bonds is 4. The van der Waals surface area contributed by atoms with E-state index in [1.165, 1.54) is 30.3 Å². The second kappa shape index (κ2) is 8.09. The summed E-state index contributed by atoms with van der Waals surface area (Å²) in [6, 6.07) is 11.6. The first-order valence-corrected chi connectivity index (χ1v) is 8.38. The molecule has 1 N–H and O–H groups in total. The van der Waals surface area contributed by atoms with Crippen molar-refractivity contribution in [2.75, 3.05) is 0 Å². The second-order valence-corrected chi connectivity index (χ2v) is 6.04. The summed E-state index contributed by atoms with van der Waals surface area (Å²) < 4.78 is 84.0. The number of para-hydroxylation sites is 1. The highest BCUT2D eigenvalue weighted by molar-refractivity contribution is 5.70. The molecule has 11 heteroatoms. The number of amides is 1. The number of benzene rings is 2. The molecule has 1 heterocycles. The molecular weight excluding hydrogens is 416 g/mol. The van der Waals surface area contributed by atoms with Crippen molar-refractivity contribution in [1.82, 2.24) is 15.1 Å². The average molecular weight is 429 g/mol. The molecule has 1 aromatic heterocycles. The molecule has 3 rings (SSSR count). The molecule has 0 aliphatic carbocycles. The fourth-order valence-electron chi connectivity index (χ4n) is 2.60. The van der Waals surface area contributed by atoms with Crippen molar-refractivity contribution in [1.29, 1.82) is 0 Å². The van der Waals surface area contributed by atoms with Crippen LogP contribution in [0.5, 0.6) is 5.75 Å². The van der Waals surface area contributed by atoms with Crippen LogP contribution in [0.4, 0.5) is 31.1 Å². The Morgan fingerprint density at radius 3 is 2.30 bits per heavy atom. The van der Waals surface area contributed by atoms with E-state index in [9.17, 15) is 31.1 Å². The molecule has 0 unspecified atom stereocenters. The van der Waals surface area contributed by atoms with Gasteiger partial charge in [-0.25, -0.2) is 9.48 Å². The summed E-state index contributed by atoms with van der Waals surface area (Å²) in [4.78, 5) is 11.9. The summed E-state index contributed by atoms with van der Waals surface area (Å²) in [5, 5.41) is 5.75. The Morgan fingerprint density at radius 2 is 1.67 bits per heavy atom. The molecule has 0 saturated carbocycles. The number of carbonyl (C=O) groups excluding carboxylic acids is 1. The number of hydrogen-bond donors (Lipinski definition) is 1. The van der Waals surface area contributed by atoms with E-state index in [1.807, 2.05) is 0 Å². The van der Waals surface area contributed by atoms with Crippen LogP contribution in [0.25, 0.3) is 5.69 Å². The quantitative estimate of drug-likeness (QED) is 0.581. The number of aromatic nitrogens is 2. The summed E-state index contributed by atoms with van der Waals surface area (Å²) in [6.07, 6.45) is -9.99. The first-order valence-electron chi connectivity index (χ1n) is 8.38. The van der Waals surface area contributed by atoms with Crippen LogP contribution < -0.4 is 10.1 Å². The number of nitrogens with one attached hydrogen (secondary N) is 1. The summed E-state index contributed by atoms with van der Waals surface area (Å²) in [5.74, 6) is -0.840. The number of hydrogen-bond acceptors (Lipinski definition) is 3. The Morgan fingerprint density at radius 1 is 0.967 bits per heavy atom. The van der Waals surface area contributed by atoms with Crippen LogP contribution >= 0.6 is 0 Å². The van der Waals surface area contributed by atoms with Crippen LogP contribution in [0.1, 0.15) is 16.8 Å². The lowest BCUT2D eigenvalue weighted by Crippen LogP contribution is -2.27. The fraction of sp³-hybridized carbons (Fsp3) is 0.158. The largest absolute Gasteiger partial charge is 0.437 e. The van der Waals surface area contributed by atoms with Gasteiger partial charge in [-0.15, -0.1) is 0 Å². The molecule has 1 amide bonds. The number of ether oxygens (including phenoxy) is 1. The normalized spacial score (nSPS) is 11.9. The van der Waals surface area contributed by atoms with Gasteiger partial charge in [0.1, 0.15) is 0 Å². The first-order chi connectivity index (χ1) is 14.1. The predicted molar refractivity (Wildman–Crippen MR) is 92.9 cm³/mol. The van der Waals surface area contributed by atoms with E-state index >= 15 is 0 Å². The van der Waals surface area contributed by atoms with E-state index in [1.54, 1.807) is 6.07 Å². The van der Waals surface area contributed by atoms with Crippen molar-refractivity contribution in [3.8, 4) is 11.4 Å². The maximum absolute atomic E-state index is 13.5. The van der Waals surface area contributed by atoms with Crippen molar-refractivity contribution >= 4 is 6.09 Å². The Balaban J connectivity index is 1.75. The van der Waals surface area contributed by atoms with Gasteiger partial charge in [-0.1, -0.05) is 30.3 Å². The third kappa shape index (κ3) is 4.91. The molecule has 2 aromatic carbocycles. The van der Waals surface area contributed by atoms with Crippen LogP contribution in [0.15, 0.2) is 60.8 Å². The van der Waals surface area contributed by atoms with Gasteiger partial charge in [0.05, 0.1) is 17.4 Å². The highest BCUT2D eigenvalue weighted by Gasteiger charge is 2.40. The number of carbonyl (C=O) groups is 1. The molecule has 0 atom stereocenters. The van der Waals surface area contributed by atoms with E-state index in [4.69, 9.17) is 4.74 Å². The smallest absolute Gasteiger partial charge is 0.406 e.